The van der Waals surface area contributed by atoms with Gasteiger partial charge in [0.15, 0.2) is 0 Å². The van der Waals surface area contributed by atoms with Gasteiger partial charge in [0.2, 0.25) is 0 Å². The van der Waals surface area contributed by atoms with Crippen LogP contribution in [0.5, 0.6) is 0 Å². The van der Waals surface area contributed by atoms with Gasteiger partial charge >= 0.3 is 0 Å². The number of nitrogens with one attached hydrogen (secondary N) is 2. The van der Waals surface area contributed by atoms with Crippen LogP contribution in [-0.2, 0) is 0 Å². The molecule has 0 saturated heterocycles. The van der Waals surface area contributed by atoms with E-state index in [1.807, 2.05) is 11.6 Å². The SMILES string of the molecule is C1=CSCN1.C1=NNCS1. The van der Waals surface area contributed by atoms with E-state index in [9.17, 15) is 0 Å². The molecule has 0 saturated carbocycles. The highest BCUT2D eigenvalue weighted by molar-refractivity contribution is 8.12. The maximum Gasteiger partial charge on any atom is 0.0840 e. The molecule has 0 aromatic rings. The van der Waals surface area contributed by atoms with Crippen LogP contribution in [0, 0.1) is 0 Å². The zero-order valence-electron chi connectivity index (χ0n) is 5.41. The lowest BCUT2D eigenvalue weighted by Crippen LogP contribution is -1.93. The first-order valence-corrected chi connectivity index (χ1v) is 4.96. The second-order valence-electron chi connectivity index (χ2n) is 1.52. The second-order valence-corrected chi connectivity index (χ2v) is 3.25. The molecule has 0 radical (unpaired) electrons. The van der Waals surface area contributed by atoms with E-state index < -0.39 is 0 Å². The fourth-order valence-corrected chi connectivity index (χ4v) is 1.28. The van der Waals surface area contributed by atoms with Gasteiger partial charge < -0.3 is 5.32 Å². The van der Waals surface area contributed by atoms with E-state index in [1.54, 1.807) is 29.1 Å². The largest absolute Gasteiger partial charge is 0.381 e. The summed E-state index contributed by atoms with van der Waals surface area (Å²) in [5.74, 6) is 2.00. The number of thioether (sulfide) groups is 2. The molecule has 2 N–H and O–H groups in total. The molecule has 56 valence electrons. The van der Waals surface area contributed by atoms with E-state index in [2.05, 4.69) is 15.8 Å². The molecule has 0 fully saturated rings. The van der Waals surface area contributed by atoms with Crippen molar-refractivity contribution in [2.45, 2.75) is 0 Å². The zero-order chi connectivity index (χ0) is 7.07. The van der Waals surface area contributed by atoms with E-state index in [-0.39, 0.29) is 0 Å². The van der Waals surface area contributed by atoms with Crippen LogP contribution in [0.4, 0.5) is 0 Å². The first kappa shape index (κ1) is 7.81. The van der Waals surface area contributed by atoms with Crippen LogP contribution >= 0.6 is 23.5 Å². The van der Waals surface area contributed by atoms with Gasteiger partial charge in [-0.3, -0.25) is 5.43 Å². The van der Waals surface area contributed by atoms with Crippen molar-refractivity contribution >= 4 is 29.1 Å². The van der Waals surface area contributed by atoms with Crippen molar-refractivity contribution in [1.82, 2.24) is 10.7 Å². The van der Waals surface area contributed by atoms with Crippen LogP contribution in [0.3, 0.4) is 0 Å². The standard InChI is InChI=1S/C3H5NS.C2H4N2S/c1-2-5-3-4-1;1-3-4-2-5-1/h1-2,4H,3H2;1,4H,2H2. The predicted molar refractivity (Wildman–Crippen MR) is 48.8 cm³/mol. The molecule has 0 amide bonds. The molecule has 0 spiro atoms. The number of hydrogen-bond acceptors (Lipinski definition) is 5. The average Bonchev–Trinajstić information content (AvgIpc) is 2.67. The molecule has 2 heterocycles. The Morgan fingerprint density at radius 2 is 2.30 bits per heavy atom. The molecule has 2 rings (SSSR count). The van der Waals surface area contributed by atoms with Crippen LogP contribution < -0.4 is 10.7 Å². The van der Waals surface area contributed by atoms with Crippen LogP contribution in [0.15, 0.2) is 16.7 Å². The van der Waals surface area contributed by atoms with Gasteiger partial charge in [0.05, 0.1) is 17.3 Å². The summed E-state index contributed by atoms with van der Waals surface area (Å²) >= 11 is 3.45. The summed E-state index contributed by atoms with van der Waals surface area (Å²) in [4.78, 5) is 0. The molecule has 0 aliphatic carbocycles. The van der Waals surface area contributed by atoms with Crippen LogP contribution in [0.2, 0.25) is 0 Å². The highest BCUT2D eigenvalue weighted by Gasteiger charge is 1.83. The molecular formula is C5H9N3S2. The molecule has 0 atom stereocenters. The summed E-state index contributed by atoms with van der Waals surface area (Å²) < 4.78 is 0. The predicted octanol–water partition coefficient (Wildman–Crippen LogP) is 0.975. The molecule has 0 bridgehead atoms. The smallest absolute Gasteiger partial charge is 0.0840 e. The molecule has 0 unspecified atom stereocenters. The van der Waals surface area contributed by atoms with Crippen molar-refractivity contribution in [3.8, 4) is 0 Å². The minimum Gasteiger partial charge on any atom is -0.381 e. The highest BCUT2D eigenvalue weighted by Crippen LogP contribution is 2.02. The lowest BCUT2D eigenvalue weighted by atomic mass is 11.0. The molecular weight excluding hydrogens is 166 g/mol. The fourth-order valence-electron chi connectivity index (χ4n) is 0.427. The Labute approximate surface area is 68.7 Å². The van der Waals surface area contributed by atoms with E-state index >= 15 is 0 Å². The average molecular weight is 175 g/mol. The zero-order valence-corrected chi connectivity index (χ0v) is 7.04. The van der Waals surface area contributed by atoms with Crippen molar-refractivity contribution in [2.24, 2.45) is 5.10 Å². The minimum absolute atomic E-state index is 0.944. The summed E-state index contributed by atoms with van der Waals surface area (Å²) in [6.45, 7) is 0. The van der Waals surface area contributed by atoms with Crippen LogP contribution in [0.25, 0.3) is 0 Å². The molecule has 0 aromatic carbocycles. The third kappa shape index (κ3) is 3.68. The lowest BCUT2D eigenvalue weighted by molar-refractivity contribution is 0.897. The fraction of sp³-hybridized carbons (Fsp3) is 0.400. The van der Waals surface area contributed by atoms with Gasteiger partial charge in [0.1, 0.15) is 0 Å². The van der Waals surface area contributed by atoms with Crippen LogP contribution in [-0.4, -0.2) is 17.3 Å². The summed E-state index contributed by atoms with van der Waals surface area (Å²) in [5, 5.41) is 8.72. The maximum absolute atomic E-state index is 3.67. The third-order valence-electron chi connectivity index (χ3n) is 0.815. The molecule has 2 aliphatic rings. The quantitative estimate of drug-likeness (QED) is 0.575. The number of hydrogen-bond donors (Lipinski definition) is 2. The van der Waals surface area contributed by atoms with E-state index in [1.165, 1.54) is 0 Å². The van der Waals surface area contributed by atoms with Gasteiger partial charge in [-0.05, 0) is 5.41 Å². The lowest BCUT2D eigenvalue weighted by Gasteiger charge is -1.77. The second kappa shape index (κ2) is 5.49. The maximum atomic E-state index is 3.67. The van der Waals surface area contributed by atoms with Gasteiger partial charge in [-0.2, -0.15) is 5.10 Å². The summed E-state index contributed by atoms with van der Waals surface area (Å²) in [6, 6.07) is 0. The summed E-state index contributed by atoms with van der Waals surface area (Å²) in [7, 11) is 0. The van der Waals surface area contributed by atoms with Gasteiger partial charge in [-0.1, -0.05) is 11.8 Å². The highest BCUT2D eigenvalue weighted by atomic mass is 32.2. The number of rotatable bonds is 0. The molecule has 10 heavy (non-hydrogen) atoms. The van der Waals surface area contributed by atoms with Gasteiger partial charge in [-0.25, -0.2) is 0 Å². The van der Waals surface area contributed by atoms with Crippen molar-refractivity contribution < 1.29 is 0 Å². The molecule has 2 aliphatic heterocycles. The Balaban J connectivity index is 0.0000001000. The summed E-state index contributed by atoms with van der Waals surface area (Å²) in [6.07, 6.45) is 1.95. The van der Waals surface area contributed by atoms with E-state index in [4.69, 9.17) is 0 Å². The Morgan fingerprint density at radius 1 is 1.30 bits per heavy atom. The number of hydrazone groups is 1. The van der Waals surface area contributed by atoms with Gasteiger partial charge in [0.25, 0.3) is 0 Å². The normalized spacial score (nSPS) is 19.2. The van der Waals surface area contributed by atoms with Crippen LogP contribution in [0.1, 0.15) is 0 Å². The van der Waals surface area contributed by atoms with E-state index in [0.29, 0.717) is 0 Å². The summed E-state index contributed by atoms with van der Waals surface area (Å²) in [5.41, 5.74) is 4.55. The Morgan fingerprint density at radius 3 is 2.50 bits per heavy atom. The first-order valence-electron chi connectivity index (χ1n) is 2.86. The third-order valence-corrected chi connectivity index (χ3v) is 2.03. The molecule has 3 nitrogen and oxygen atoms in total. The first-order chi connectivity index (χ1) is 5.00. The number of nitrogens with zero attached hydrogens (tertiary/aromatic N) is 1. The van der Waals surface area contributed by atoms with Crippen molar-refractivity contribution in [3.05, 3.63) is 11.6 Å². The van der Waals surface area contributed by atoms with Crippen molar-refractivity contribution in [2.75, 3.05) is 11.8 Å². The van der Waals surface area contributed by atoms with E-state index in [0.717, 1.165) is 11.8 Å². The Hall–Kier alpha value is -0.290. The van der Waals surface area contributed by atoms with Gasteiger partial charge in [0, 0.05) is 6.20 Å². The molecule has 0 aromatic heterocycles. The van der Waals surface area contributed by atoms with Gasteiger partial charge in [-0.15, -0.1) is 11.8 Å². The topological polar surface area (TPSA) is 36.4 Å². The Bertz CT molecular complexity index is 107. The monoisotopic (exact) mass is 175 g/mol. The minimum atomic E-state index is 0.944. The van der Waals surface area contributed by atoms with Crippen molar-refractivity contribution in [1.29, 1.82) is 0 Å². The molecule has 5 heteroatoms. The Kier molecular flexibility index (Phi) is 4.29. The van der Waals surface area contributed by atoms with Crippen molar-refractivity contribution in [3.63, 3.8) is 0 Å².